The summed E-state index contributed by atoms with van der Waals surface area (Å²) in [5.41, 5.74) is 0.816. The van der Waals surface area contributed by atoms with E-state index in [4.69, 9.17) is 4.74 Å². The quantitative estimate of drug-likeness (QED) is 0.440. The highest BCUT2D eigenvalue weighted by Gasteiger charge is 2.34. The first-order valence-electron chi connectivity index (χ1n) is 6.47. The number of halogens is 2. The van der Waals surface area contributed by atoms with Crippen molar-refractivity contribution < 1.29 is 18.7 Å². The van der Waals surface area contributed by atoms with Gasteiger partial charge in [-0.25, -0.2) is 4.98 Å². The lowest BCUT2D eigenvalue weighted by molar-refractivity contribution is 0.0631. The molecule has 0 atom stereocenters. The predicted molar refractivity (Wildman–Crippen MR) is 84.2 cm³/mol. The SMILES string of the molecule is O=C1c2ccccc2C(=O)N1CCOc1cnc(F)cc1I. The van der Waals surface area contributed by atoms with Gasteiger partial charge < -0.3 is 4.74 Å². The van der Waals surface area contributed by atoms with Crippen LogP contribution in [0.15, 0.2) is 36.5 Å². The van der Waals surface area contributed by atoms with Crippen LogP contribution in [0.2, 0.25) is 0 Å². The number of hydrogen-bond donors (Lipinski definition) is 0. The normalized spacial score (nSPS) is 13.5. The van der Waals surface area contributed by atoms with E-state index in [9.17, 15) is 14.0 Å². The number of hydrogen-bond acceptors (Lipinski definition) is 4. The summed E-state index contributed by atoms with van der Waals surface area (Å²) in [5, 5.41) is 0. The van der Waals surface area contributed by atoms with E-state index in [-0.39, 0.29) is 25.0 Å². The first-order chi connectivity index (χ1) is 10.6. The molecule has 0 saturated heterocycles. The minimum Gasteiger partial charge on any atom is -0.489 e. The van der Waals surface area contributed by atoms with Crippen molar-refractivity contribution >= 4 is 34.4 Å². The number of fused-ring (bicyclic) bond motifs is 1. The molecule has 0 bridgehead atoms. The molecule has 0 radical (unpaired) electrons. The van der Waals surface area contributed by atoms with Crippen LogP contribution in [0.4, 0.5) is 4.39 Å². The average Bonchev–Trinajstić information content (AvgIpc) is 2.75. The molecule has 3 rings (SSSR count). The highest BCUT2D eigenvalue weighted by atomic mass is 127. The third kappa shape index (κ3) is 2.68. The van der Waals surface area contributed by atoms with Gasteiger partial charge in [0.05, 0.1) is 27.4 Å². The first-order valence-corrected chi connectivity index (χ1v) is 7.55. The molecule has 0 aliphatic carbocycles. The number of amides is 2. The molecule has 112 valence electrons. The molecule has 2 heterocycles. The van der Waals surface area contributed by atoms with Crippen LogP contribution in [0.5, 0.6) is 5.75 Å². The number of imide groups is 1. The van der Waals surface area contributed by atoms with Crippen LogP contribution >= 0.6 is 22.6 Å². The molecule has 2 aromatic rings. The number of benzene rings is 1. The van der Waals surface area contributed by atoms with Gasteiger partial charge in [-0.05, 0) is 34.7 Å². The smallest absolute Gasteiger partial charge is 0.261 e. The van der Waals surface area contributed by atoms with E-state index in [1.54, 1.807) is 24.3 Å². The molecular weight excluding hydrogens is 402 g/mol. The number of pyridine rings is 1. The summed E-state index contributed by atoms with van der Waals surface area (Å²) in [7, 11) is 0. The van der Waals surface area contributed by atoms with Crippen molar-refractivity contribution in [1.29, 1.82) is 0 Å². The Morgan fingerprint density at radius 1 is 1.18 bits per heavy atom. The Balaban J connectivity index is 1.66. The van der Waals surface area contributed by atoms with Gasteiger partial charge in [-0.3, -0.25) is 14.5 Å². The van der Waals surface area contributed by atoms with Gasteiger partial charge in [0.15, 0.2) is 5.75 Å². The topological polar surface area (TPSA) is 59.5 Å². The van der Waals surface area contributed by atoms with Crippen molar-refractivity contribution in [3.63, 3.8) is 0 Å². The number of rotatable bonds is 4. The number of carbonyl (C=O) groups is 2. The molecule has 7 heteroatoms. The molecular formula is C15H10FIN2O3. The minimum absolute atomic E-state index is 0.120. The van der Waals surface area contributed by atoms with Gasteiger partial charge in [-0.2, -0.15) is 4.39 Å². The zero-order chi connectivity index (χ0) is 15.7. The molecule has 5 nitrogen and oxygen atoms in total. The Morgan fingerprint density at radius 3 is 2.41 bits per heavy atom. The van der Waals surface area contributed by atoms with E-state index in [2.05, 4.69) is 4.98 Å². The van der Waals surface area contributed by atoms with Crippen LogP contribution in [0.1, 0.15) is 20.7 Å². The molecule has 22 heavy (non-hydrogen) atoms. The van der Waals surface area contributed by atoms with Gasteiger partial charge in [0.25, 0.3) is 11.8 Å². The fourth-order valence-corrected chi connectivity index (χ4v) is 2.74. The minimum atomic E-state index is -0.586. The number of carbonyl (C=O) groups excluding carboxylic acids is 2. The highest BCUT2D eigenvalue weighted by molar-refractivity contribution is 14.1. The molecule has 1 aliphatic heterocycles. The summed E-state index contributed by atoms with van der Waals surface area (Å²) in [5.74, 6) is -0.817. The zero-order valence-electron chi connectivity index (χ0n) is 11.3. The van der Waals surface area contributed by atoms with E-state index < -0.39 is 5.95 Å². The lowest BCUT2D eigenvalue weighted by Gasteiger charge is -2.14. The van der Waals surface area contributed by atoms with E-state index in [1.165, 1.54) is 12.3 Å². The van der Waals surface area contributed by atoms with Gasteiger partial charge >= 0.3 is 0 Å². The maximum atomic E-state index is 12.9. The van der Waals surface area contributed by atoms with Gasteiger partial charge in [0.2, 0.25) is 5.95 Å². The molecule has 0 fully saturated rings. The van der Waals surface area contributed by atoms with E-state index in [1.807, 2.05) is 22.6 Å². The molecule has 0 saturated carbocycles. The number of ether oxygens (including phenoxy) is 1. The van der Waals surface area contributed by atoms with Gasteiger partial charge in [0.1, 0.15) is 6.61 Å². The lowest BCUT2D eigenvalue weighted by Crippen LogP contribution is -2.33. The zero-order valence-corrected chi connectivity index (χ0v) is 13.4. The summed E-state index contributed by atoms with van der Waals surface area (Å²) in [6.45, 7) is 0.245. The van der Waals surface area contributed by atoms with Crippen molar-refractivity contribution in [3.05, 3.63) is 57.2 Å². The summed E-state index contributed by atoms with van der Waals surface area (Å²) in [6.07, 6.45) is 1.28. The molecule has 0 N–H and O–H groups in total. The maximum absolute atomic E-state index is 12.9. The van der Waals surface area contributed by atoms with Gasteiger partial charge in [-0.1, -0.05) is 12.1 Å². The molecule has 0 unspecified atom stereocenters. The summed E-state index contributed by atoms with van der Waals surface area (Å²) in [6, 6.07) is 7.94. The Hall–Kier alpha value is -2.03. The van der Waals surface area contributed by atoms with Crippen LogP contribution in [-0.2, 0) is 0 Å². The van der Waals surface area contributed by atoms with Crippen LogP contribution in [0, 0.1) is 9.52 Å². The van der Waals surface area contributed by atoms with Crippen molar-refractivity contribution in [2.45, 2.75) is 0 Å². The Labute approximate surface area is 139 Å². The second kappa shape index (κ2) is 5.99. The van der Waals surface area contributed by atoms with Crippen LogP contribution < -0.4 is 4.74 Å². The van der Waals surface area contributed by atoms with Crippen LogP contribution in [0.25, 0.3) is 0 Å². The average molecular weight is 412 g/mol. The molecule has 1 aromatic carbocycles. The summed E-state index contributed by atoms with van der Waals surface area (Å²) < 4.78 is 18.9. The molecule has 1 aliphatic rings. The fraction of sp³-hybridized carbons (Fsp3) is 0.133. The third-order valence-electron chi connectivity index (χ3n) is 3.24. The van der Waals surface area contributed by atoms with Crippen LogP contribution in [0.3, 0.4) is 0 Å². The molecule has 0 spiro atoms. The predicted octanol–water partition coefficient (Wildman–Crippen LogP) is 2.50. The highest BCUT2D eigenvalue weighted by Crippen LogP contribution is 2.23. The van der Waals surface area contributed by atoms with E-state index in [0.29, 0.717) is 20.4 Å². The largest absolute Gasteiger partial charge is 0.489 e. The van der Waals surface area contributed by atoms with Crippen LogP contribution in [-0.4, -0.2) is 34.8 Å². The second-order valence-electron chi connectivity index (χ2n) is 4.59. The third-order valence-corrected chi connectivity index (χ3v) is 4.08. The maximum Gasteiger partial charge on any atom is 0.261 e. The Kier molecular flexibility index (Phi) is 4.06. The second-order valence-corrected chi connectivity index (χ2v) is 5.76. The molecule has 2 amide bonds. The lowest BCUT2D eigenvalue weighted by atomic mass is 10.1. The standard InChI is InChI=1S/C15H10FIN2O3/c16-13-7-11(17)12(8-18-13)22-6-5-19-14(20)9-3-1-2-4-10(9)15(19)21/h1-4,7-8H,5-6H2. The molecule has 1 aromatic heterocycles. The van der Waals surface area contributed by atoms with Crippen molar-refractivity contribution in [3.8, 4) is 5.75 Å². The first kappa shape index (κ1) is 14.9. The fourth-order valence-electron chi connectivity index (χ4n) is 2.19. The number of aromatic nitrogens is 1. The van der Waals surface area contributed by atoms with E-state index >= 15 is 0 Å². The number of nitrogens with zero attached hydrogens (tertiary/aromatic N) is 2. The van der Waals surface area contributed by atoms with Crippen molar-refractivity contribution in [2.24, 2.45) is 0 Å². The van der Waals surface area contributed by atoms with Crippen molar-refractivity contribution in [2.75, 3.05) is 13.2 Å². The van der Waals surface area contributed by atoms with Gasteiger partial charge in [-0.15, -0.1) is 0 Å². The monoisotopic (exact) mass is 412 g/mol. The van der Waals surface area contributed by atoms with Crippen molar-refractivity contribution in [1.82, 2.24) is 9.88 Å². The Bertz CT molecular complexity index is 731. The summed E-state index contributed by atoms with van der Waals surface area (Å²) in [4.78, 5) is 29.0. The van der Waals surface area contributed by atoms with Gasteiger partial charge in [0, 0.05) is 6.07 Å². The Morgan fingerprint density at radius 2 is 1.82 bits per heavy atom. The summed E-state index contributed by atoms with van der Waals surface area (Å²) >= 11 is 1.93. The van der Waals surface area contributed by atoms with E-state index in [0.717, 1.165) is 4.90 Å².